The Hall–Kier alpha value is -3.11. The van der Waals surface area contributed by atoms with Crippen molar-refractivity contribution < 1.29 is 19.1 Å². The smallest absolute Gasteiger partial charge is 0.467 e. The summed E-state index contributed by atoms with van der Waals surface area (Å²) in [5, 5.41) is 11.9. The highest BCUT2D eigenvalue weighted by atomic mass is 31.1. The number of phenols is 1. The van der Waals surface area contributed by atoms with E-state index in [1.165, 1.54) is 0 Å². The zero-order valence-corrected chi connectivity index (χ0v) is 18.1. The van der Waals surface area contributed by atoms with Crippen LogP contribution in [0.1, 0.15) is 22.8 Å². The highest BCUT2D eigenvalue weighted by Gasteiger charge is 2.52. The summed E-state index contributed by atoms with van der Waals surface area (Å²) >= 11 is 0. The average Bonchev–Trinajstić information content (AvgIpc) is 2.85. The lowest BCUT2D eigenvalue weighted by Gasteiger charge is -2.59. The Bertz CT molecular complexity index is 1250. The fourth-order valence-electron chi connectivity index (χ4n) is 4.57. The molecule has 2 unspecified atom stereocenters. The molecule has 2 bridgehead atoms. The molecule has 1 fully saturated rings. The summed E-state index contributed by atoms with van der Waals surface area (Å²) in [6.07, 6.45) is 0. The second kappa shape index (κ2) is 7.79. The summed E-state index contributed by atoms with van der Waals surface area (Å²) in [5.74, 6) is 0.358. The van der Waals surface area contributed by atoms with Crippen molar-refractivity contribution in [1.29, 1.82) is 0 Å². The third-order valence-electron chi connectivity index (χ3n) is 6.05. The fraction of sp³-hybridized carbons (Fsp3) is 0.0769. The van der Waals surface area contributed by atoms with Crippen LogP contribution in [0.2, 0.25) is 0 Å². The molecule has 0 aromatic heterocycles. The van der Waals surface area contributed by atoms with Gasteiger partial charge >= 0.3 is 6.75 Å². The standard InChI is InChI=1S/C26H21BO4P/c28-23-17-9-7-15-21(23)25-30-27(19-11-3-1-4-12-19)29-24-18-10-8-16-22(24)26(31-27)32(25)20-13-5-2-6-14-20/h1-18,25-26,28H/q-1/t25-,26-,27?,32?/m0/s1. The zero-order valence-electron chi connectivity index (χ0n) is 17.2. The van der Waals surface area contributed by atoms with Gasteiger partial charge in [-0.15, -0.1) is 5.46 Å². The number of para-hydroxylation sites is 2. The molecule has 158 valence electrons. The van der Waals surface area contributed by atoms with E-state index in [-0.39, 0.29) is 11.6 Å². The summed E-state index contributed by atoms with van der Waals surface area (Å²) in [6, 6.07) is 35.6. The van der Waals surface area contributed by atoms with Crippen molar-refractivity contribution in [1.82, 2.24) is 0 Å². The van der Waals surface area contributed by atoms with Crippen molar-refractivity contribution in [3.05, 3.63) is 120 Å². The van der Waals surface area contributed by atoms with E-state index in [9.17, 15) is 5.11 Å². The van der Waals surface area contributed by atoms with Gasteiger partial charge in [-0.3, -0.25) is 0 Å². The minimum absolute atomic E-state index is 0.216. The number of rotatable bonds is 3. The van der Waals surface area contributed by atoms with Gasteiger partial charge in [0.15, 0.2) is 0 Å². The lowest BCUT2D eigenvalue weighted by atomic mass is 9.67. The molecule has 1 saturated heterocycles. The van der Waals surface area contributed by atoms with Crippen LogP contribution < -0.4 is 15.4 Å². The van der Waals surface area contributed by atoms with E-state index < -0.39 is 20.5 Å². The lowest BCUT2D eigenvalue weighted by molar-refractivity contribution is 0.0573. The van der Waals surface area contributed by atoms with E-state index in [0.717, 1.165) is 27.6 Å². The molecule has 4 aromatic rings. The molecule has 0 radical (unpaired) electrons. The van der Waals surface area contributed by atoms with Crippen molar-refractivity contribution >= 4 is 25.4 Å². The summed E-state index contributed by atoms with van der Waals surface area (Å²) < 4.78 is 20.1. The first kappa shape index (κ1) is 19.6. The summed E-state index contributed by atoms with van der Waals surface area (Å²) in [7, 11) is -1.04. The van der Waals surface area contributed by atoms with Crippen molar-refractivity contribution in [3.8, 4) is 11.5 Å². The predicted molar refractivity (Wildman–Crippen MR) is 128 cm³/mol. The molecule has 1 N–H and O–H groups in total. The predicted octanol–water partition coefficient (Wildman–Crippen LogP) is 5.18. The molecule has 4 atom stereocenters. The van der Waals surface area contributed by atoms with Gasteiger partial charge in [-0.2, -0.15) is 0 Å². The Kier molecular flexibility index (Phi) is 4.76. The second-order valence-electron chi connectivity index (χ2n) is 7.99. The van der Waals surface area contributed by atoms with Crippen LogP contribution >= 0.6 is 7.92 Å². The molecule has 4 aromatic carbocycles. The van der Waals surface area contributed by atoms with E-state index in [1.807, 2.05) is 84.9 Å². The van der Waals surface area contributed by atoms with Crippen LogP contribution in [0.3, 0.4) is 0 Å². The van der Waals surface area contributed by atoms with Crippen LogP contribution in [0.5, 0.6) is 11.5 Å². The first-order valence-electron chi connectivity index (χ1n) is 10.7. The van der Waals surface area contributed by atoms with Crippen molar-refractivity contribution in [2.24, 2.45) is 0 Å². The number of benzene rings is 4. The molecule has 0 saturated carbocycles. The molecule has 2 aliphatic heterocycles. The second-order valence-corrected chi connectivity index (χ2v) is 10.3. The number of phenolic OH excluding ortho intramolecular Hbond substituents is 1. The van der Waals surface area contributed by atoms with Gasteiger partial charge < -0.3 is 19.1 Å². The molecule has 2 aliphatic rings. The van der Waals surface area contributed by atoms with Crippen LogP contribution in [0, 0.1) is 0 Å². The largest absolute Gasteiger partial charge is 0.666 e. The molecule has 6 heteroatoms. The quantitative estimate of drug-likeness (QED) is 0.353. The molecular formula is C26H21BO4P-. The molecule has 4 nitrogen and oxygen atoms in total. The molecular weight excluding hydrogens is 418 g/mol. The fourth-order valence-corrected chi connectivity index (χ4v) is 7.49. The zero-order chi connectivity index (χ0) is 21.5. The maximum absolute atomic E-state index is 10.8. The van der Waals surface area contributed by atoms with Gasteiger partial charge in [0.1, 0.15) is 5.75 Å². The molecule has 32 heavy (non-hydrogen) atoms. The molecule has 0 aliphatic carbocycles. The SMILES string of the molecule is Oc1ccccc1[C@H]1O[B-]2(c3ccccc3)Oc3ccccc3[C@@H](O2)P1c1ccccc1. The number of aromatic hydroxyl groups is 1. The monoisotopic (exact) mass is 439 g/mol. The third kappa shape index (κ3) is 3.13. The highest BCUT2D eigenvalue weighted by Crippen LogP contribution is 2.69. The van der Waals surface area contributed by atoms with Gasteiger partial charge in [-0.1, -0.05) is 97.1 Å². The van der Waals surface area contributed by atoms with E-state index >= 15 is 0 Å². The van der Waals surface area contributed by atoms with E-state index in [2.05, 4.69) is 18.2 Å². The first-order valence-corrected chi connectivity index (χ1v) is 12.2. The first-order chi connectivity index (χ1) is 15.8. The van der Waals surface area contributed by atoms with Crippen LogP contribution in [0.15, 0.2) is 109 Å². The Morgan fingerprint density at radius 2 is 1.19 bits per heavy atom. The van der Waals surface area contributed by atoms with Crippen LogP contribution in [0.4, 0.5) is 0 Å². The molecule has 0 spiro atoms. The van der Waals surface area contributed by atoms with Crippen molar-refractivity contribution in [3.63, 3.8) is 0 Å². The van der Waals surface area contributed by atoms with Gasteiger partial charge in [0.2, 0.25) is 0 Å². The molecule has 6 rings (SSSR count). The van der Waals surface area contributed by atoms with Gasteiger partial charge in [0.25, 0.3) is 0 Å². The third-order valence-corrected chi connectivity index (χ3v) is 8.76. The van der Waals surface area contributed by atoms with Crippen molar-refractivity contribution in [2.75, 3.05) is 0 Å². The van der Waals surface area contributed by atoms with Gasteiger partial charge in [-0.05, 0) is 25.4 Å². The Balaban J connectivity index is 1.60. The Labute approximate surface area is 188 Å². The summed E-state index contributed by atoms with van der Waals surface area (Å²) in [5.41, 5.74) is 2.61. The van der Waals surface area contributed by atoms with Gasteiger partial charge in [0, 0.05) is 11.1 Å². The summed E-state index contributed by atoms with van der Waals surface area (Å²) in [4.78, 5) is 0. The average molecular weight is 439 g/mol. The summed E-state index contributed by atoms with van der Waals surface area (Å²) in [6.45, 7) is -2.26. The van der Waals surface area contributed by atoms with Crippen molar-refractivity contribution in [2.45, 2.75) is 11.7 Å². The Morgan fingerprint density at radius 1 is 0.625 bits per heavy atom. The topological polar surface area (TPSA) is 47.9 Å². The van der Waals surface area contributed by atoms with Crippen LogP contribution in [-0.4, -0.2) is 11.9 Å². The minimum Gasteiger partial charge on any atom is -0.666 e. The highest BCUT2D eigenvalue weighted by molar-refractivity contribution is 7.66. The van der Waals surface area contributed by atoms with E-state index in [0.29, 0.717) is 0 Å². The normalized spacial score (nSPS) is 26.1. The number of hydrogen-bond donors (Lipinski definition) is 1. The van der Waals surface area contributed by atoms with Crippen LogP contribution in [-0.2, 0) is 9.31 Å². The molecule has 2 heterocycles. The molecule has 0 amide bonds. The van der Waals surface area contributed by atoms with E-state index in [4.69, 9.17) is 14.0 Å². The maximum Gasteiger partial charge on any atom is 0.467 e. The Morgan fingerprint density at radius 3 is 1.91 bits per heavy atom. The van der Waals surface area contributed by atoms with Gasteiger partial charge in [0.05, 0.1) is 17.4 Å². The number of hydrogen-bond acceptors (Lipinski definition) is 4. The minimum atomic E-state index is -2.26. The van der Waals surface area contributed by atoms with Gasteiger partial charge in [-0.25, -0.2) is 0 Å². The van der Waals surface area contributed by atoms with E-state index in [1.54, 1.807) is 6.07 Å². The lowest BCUT2D eigenvalue weighted by Crippen LogP contribution is -2.64. The number of fused-ring (bicyclic) bond motifs is 4. The van der Waals surface area contributed by atoms with Crippen LogP contribution in [0.25, 0.3) is 0 Å². The maximum atomic E-state index is 10.8.